The number of rotatable bonds is 7. The lowest BCUT2D eigenvalue weighted by atomic mass is 10.2. The molecule has 6 heteroatoms. The second-order valence-electron chi connectivity index (χ2n) is 3.44. The van der Waals surface area contributed by atoms with Gasteiger partial charge in [0.1, 0.15) is 6.23 Å². The Bertz CT molecular complexity index is 238. The molecule has 0 spiro atoms. The van der Waals surface area contributed by atoms with Crippen molar-refractivity contribution in [2.75, 3.05) is 14.1 Å². The molecule has 0 radical (unpaired) electrons. The van der Waals surface area contributed by atoms with E-state index in [1.54, 1.807) is 19.0 Å². The van der Waals surface area contributed by atoms with Crippen molar-refractivity contribution in [2.24, 2.45) is 0 Å². The van der Waals surface area contributed by atoms with Crippen LogP contribution in [0, 0.1) is 0 Å². The lowest BCUT2D eigenvalue weighted by molar-refractivity contribution is 0.0495. The van der Waals surface area contributed by atoms with Gasteiger partial charge in [-0.1, -0.05) is 19.8 Å². The van der Waals surface area contributed by atoms with Crippen molar-refractivity contribution in [1.29, 1.82) is 0 Å². The second kappa shape index (κ2) is 6.34. The minimum Gasteiger partial charge on any atom is -0.283 e. The molecule has 0 amide bonds. The highest BCUT2D eigenvalue weighted by Crippen LogP contribution is 2.10. The predicted molar refractivity (Wildman–Crippen MR) is 54.3 cm³/mol. The van der Waals surface area contributed by atoms with Crippen LogP contribution in [0.25, 0.3) is 0 Å². The van der Waals surface area contributed by atoms with Crippen LogP contribution >= 0.6 is 0 Å². The fraction of sp³-hybridized carbons (Fsp3) is 1.00. The number of hydrogen-bond acceptors (Lipinski definition) is 4. The van der Waals surface area contributed by atoms with E-state index in [2.05, 4.69) is 11.1 Å². The zero-order chi connectivity index (χ0) is 11.2. The van der Waals surface area contributed by atoms with Gasteiger partial charge < -0.3 is 0 Å². The molecule has 0 aliphatic heterocycles. The number of nitrogens with zero attached hydrogens (tertiary/aromatic N) is 1. The fourth-order valence-electron chi connectivity index (χ4n) is 1.10. The molecule has 0 aromatic carbocycles. The molecule has 0 aromatic rings. The van der Waals surface area contributed by atoms with E-state index in [0.717, 1.165) is 19.3 Å². The Morgan fingerprint density at radius 3 is 2.29 bits per heavy atom. The zero-order valence-corrected chi connectivity index (χ0v) is 9.75. The van der Waals surface area contributed by atoms with Gasteiger partial charge >= 0.3 is 10.4 Å². The summed E-state index contributed by atoms with van der Waals surface area (Å²) in [6.45, 7) is 2.06. The second-order valence-corrected chi connectivity index (χ2v) is 4.49. The van der Waals surface area contributed by atoms with Crippen molar-refractivity contribution in [3.8, 4) is 0 Å². The summed E-state index contributed by atoms with van der Waals surface area (Å²) in [5, 5.41) is 0. The van der Waals surface area contributed by atoms with Crippen molar-refractivity contribution in [3.05, 3.63) is 0 Å². The van der Waals surface area contributed by atoms with Gasteiger partial charge in [-0.2, -0.15) is 8.42 Å². The highest BCUT2D eigenvalue weighted by atomic mass is 32.3. The normalized spacial score (nSPS) is 14.6. The fourth-order valence-corrected chi connectivity index (χ4v) is 1.65. The lowest BCUT2D eigenvalue weighted by Gasteiger charge is -2.22. The first kappa shape index (κ1) is 13.8. The van der Waals surface area contributed by atoms with Gasteiger partial charge in [0.15, 0.2) is 0 Å². The summed E-state index contributed by atoms with van der Waals surface area (Å²) in [5.74, 6) is 0. The third kappa shape index (κ3) is 7.25. The molecular weight excluding hydrogens is 206 g/mol. The summed E-state index contributed by atoms with van der Waals surface area (Å²) in [6, 6.07) is 0. The highest BCUT2D eigenvalue weighted by molar-refractivity contribution is 7.80. The average Bonchev–Trinajstić information content (AvgIpc) is 2.00. The molecule has 0 rings (SSSR count). The van der Waals surface area contributed by atoms with Gasteiger partial charge in [0.2, 0.25) is 0 Å². The van der Waals surface area contributed by atoms with E-state index in [4.69, 9.17) is 4.55 Å². The summed E-state index contributed by atoms with van der Waals surface area (Å²) < 4.78 is 34.0. The standard InChI is InChI=1S/C8H19NO4S/c1-4-5-6-7-8(9(2)3)13-14(10,11)12/h8H,4-7H2,1-3H3,(H,10,11,12). The van der Waals surface area contributed by atoms with Gasteiger partial charge in [-0.05, 0) is 26.9 Å². The minimum atomic E-state index is -4.35. The van der Waals surface area contributed by atoms with Gasteiger partial charge in [-0.15, -0.1) is 0 Å². The average molecular weight is 225 g/mol. The third-order valence-corrected chi connectivity index (χ3v) is 2.33. The van der Waals surface area contributed by atoms with E-state index in [-0.39, 0.29) is 0 Å². The van der Waals surface area contributed by atoms with E-state index >= 15 is 0 Å². The molecule has 0 fully saturated rings. The zero-order valence-electron chi connectivity index (χ0n) is 8.93. The van der Waals surface area contributed by atoms with E-state index in [1.165, 1.54) is 0 Å². The first-order valence-electron chi connectivity index (χ1n) is 4.69. The Morgan fingerprint density at radius 1 is 1.36 bits per heavy atom. The molecule has 0 aromatic heterocycles. The van der Waals surface area contributed by atoms with Crippen molar-refractivity contribution >= 4 is 10.4 Å². The summed E-state index contributed by atoms with van der Waals surface area (Å²) in [7, 11) is -0.927. The Kier molecular flexibility index (Phi) is 6.26. The molecule has 5 nitrogen and oxygen atoms in total. The molecule has 0 saturated heterocycles. The molecule has 0 heterocycles. The number of hydrogen-bond donors (Lipinski definition) is 1. The third-order valence-electron chi connectivity index (χ3n) is 1.86. The van der Waals surface area contributed by atoms with Crippen molar-refractivity contribution in [2.45, 2.75) is 38.8 Å². The Balaban J connectivity index is 4.04. The van der Waals surface area contributed by atoms with Crippen LogP contribution < -0.4 is 0 Å². The van der Waals surface area contributed by atoms with E-state index in [9.17, 15) is 8.42 Å². The molecular formula is C8H19NO4S. The van der Waals surface area contributed by atoms with E-state index < -0.39 is 16.6 Å². The van der Waals surface area contributed by atoms with Crippen LogP contribution in [-0.4, -0.2) is 38.2 Å². The molecule has 14 heavy (non-hydrogen) atoms. The lowest BCUT2D eigenvalue weighted by Crippen LogP contribution is -2.32. The smallest absolute Gasteiger partial charge is 0.283 e. The maximum atomic E-state index is 10.5. The Morgan fingerprint density at radius 2 is 1.93 bits per heavy atom. The maximum Gasteiger partial charge on any atom is 0.398 e. The van der Waals surface area contributed by atoms with E-state index in [1.807, 2.05) is 0 Å². The Hall–Kier alpha value is -0.170. The largest absolute Gasteiger partial charge is 0.398 e. The topological polar surface area (TPSA) is 66.8 Å². The van der Waals surface area contributed by atoms with Crippen molar-refractivity contribution in [3.63, 3.8) is 0 Å². The first-order chi connectivity index (χ1) is 6.37. The molecule has 86 valence electrons. The minimum absolute atomic E-state index is 0.573. The van der Waals surface area contributed by atoms with Crippen molar-refractivity contribution in [1.82, 2.24) is 4.90 Å². The van der Waals surface area contributed by atoms with Crippen LogP contribution in [0.4, 0.5) is 0 Å². The summed E-state index contributed by atoms with van der Waals surface area (Å²) in [6.07, 6.45) is 3.00. The van der Waals surface area contributed by atoms with Gasteiger partial charge in [-0.25, -0.2) is 4.18 Å². The Labute approximate surface area is 86.0 Å². The SMILES string of the molecule is CCCCCC(OS(=O)(=O)O)N(C)C. The molecule has 1 unspecified atom stereocenters. The molecule has 1 atom stereocenters. The van der Waals surface area contributed by atoms with Crippen LogP contribution in [-0.2, 0) is 14.6 Å². The van der Waals surface area contributed by atoms with Crippen LogP contribution in [0.2, 0.25) is 0 Å². The monoisotopic (exact) mass is 225 g/mol. The maximum absolute atomic E-state index is 10.5. The molecule has 0 bridgehead atoms. The molecule has 0 aliphatic rings. The number of unbranched alkanes of at least 4 members (excludes halogenated alkanes) is 2. The molecule has 1 N–H and O–H groups in total. The predicted octanol–water partition coefficient (Wildman–Crippen LogP) is 1.27. The van der Waals surface area contributed by atoms with Gasteiger partial charge in [0.25, 0.3) is 0 Å². The van der Waals surface area contributed by atoms with Gasteiger partial charge in [-0.3, -0.25) is 9.45 Å². The molecule has 0 aliphatic carbocycles. The quantitative estimate of drug-likeness (QED) is 0.401. The van der Waals surface area contributed by atoms with Crippen LogP contribution in [0.3, 0.4) is 0 Å². The van der Waals surface area contributed by atoms with Crippen molar-refractivity contribution < 1.29 is 17.2 Å². The summed E-state index contributed by atoms with van der Waals surface area (Å²) in [4.78, 5) is 1.63. The van der Waals surface area contributed by atoms with Crippen LogP contribution in [0.15, 0.2) is 0 Å². The summed E-state index contributed by atoms with van der Waals surface area (Å²) in [5.41, 5.74) is 0. The van der Waals surface area contributed by atoms with Gasteiger partial charge in [0.05, 0.1) is 0 Å². The van der Waals surface area contributed by atoms with Gasteiger partial charge in [0, 0.05) is 0 Å². The molecule has 0 saturated carbocycles. The summed E-state index contributed by atoms with van der Waals surface area (Å²) >= 11 is 0. The van der Waals surface area contributed by atoms with Crippen LogP contribution in [0.1, 0.15) is 32.6 Å². The highest BCUT2D eigenvalue weighted by Gasteiger charge is 2.18. The first-order valence-corrected chi connectivity index (χ1v) is 6.05. The van der Waals surface area contributed by atoms with E-state index in [0.29, 0.717) is 6.42 Å². The van der Waals surface area contributed by atoms with Crippen LogP contribution in [0.5, 0.6) is 0 Å².